The molecule has 1 amide bonds. The normalized spacial score (nSPS) is 14.8. The fourth-order valence-electron chi connectivity index (χ4n) is 3.38. The first-order valence-electron chi connectivity index (χ1n) is 8.69. The molecule has 0 saturated carbocycles. The molecule has 0 aliphatic carbocycles. The Balaban J connectivity index is 1.60. The molecule has 0 radical (unpaired) electrons. The van der Waals surface area contributed by atoms with Gasteiger partial charge in [0.15, 0.2) is 0 Å². The summed E-state index contributed by atoms with van der Waals surface area (Å²) in [5.41, 5.74) is 6.29. The van der Waals surface area contributed by atoms with Gasteiger partial charge in [-0.15, -0.1) is 0 Å². The Kier molecular flexibility index (Phi) is 4.89. The van der Waals surface area contributed by atoms with E-state index in [1.807, 2.05) is 17.0 Å². The van der Waals surface area contributed by atoms with Crippen molar-refractivity contribution in [3.8, 4) is 0 Å². The minimum atomic E-state index is 0.237. The fraction of sp³-hybridized carbons (Fsp3) is 0.381. The van der Waals surface area contributed by atoms with Gasteiger partial charge in [0.2, 0.25) is 5.91 Å². The molecule has 0 N–H and O–H groups in total. The lowest BCUT2D eigenvalue weighted by molar-refractivity contribution is -0.130. The van der Waals surface area contributed by atoms with Gasteiger partial charge >= 0.3 is 0 Å². The number of carbonyl (C=O) groups excluding carboxylic acids is 1. The number of benzene rings is 2. The molecular formula is C21H26N2O. The zero-order chi connectivity index (χ0) is 17.1. The highest BCUT2D eigenvalue weighted by atomic mass is 16.2. The smallest absolute Gasteiger partial charge is 0.227 e. The summed E-state index contributed by atoms with van der Waals surface area (Å²) in [5, 5.41) is 0. The summed E-state index contributed by atoms with van der Waals surface area (Å²) in [6.07, 6.45) is 0.505. The van der Waals surface area contributed by atoms with Crippen LogP contribution >= 0.6 is 0 Å². The van der Waals surface area contributed by atoms with Gasteiger partial charge in [-0.2, -0.15) is 0 Å². The third-order valence-electron chi connectivity index (χ3n) is 4.99. The summed E-state index contributed by atoms with van der Waals surface area (Å²) in [4.78, 5) is 17.0. The number of anilines is 1. The van der Waals surface area contributed by atoms with E-state index in [1.165, 1.54) is 22.4 Å². The zero-order valence-electron chi connectivity index (χ0n) is 14.9. The lowest BCUT2D eigenvalue weighted by Crippen LogP contribution is -2.49. The first kappa shape index (κ1) is 16.6. The molecule has 0 unspecified atom stereocenters. The van der Waals surface area contributed by atoms with E-state index in [2.05, 4.69) is 56.0 Å². The van der Waals surface area contributed by atoms with Crippen LogP contribution in [0.4, 0.5) is 5.69 Å². The van der Waals surface area contributed by atoms with Gasteiger partial charge in [0.25, 0.3) is 0 Å². The summed E-state index contributed by atoms with van der Waals surface area (Å²) in [7, 11) is 0. The molecule has 24 heavy (non-hydrogen) atoms. The molecule has 1 fully saturated rings. The van der Waals surface area contributed by atoms with Crippen molar-refractivity contribution in [3.05, 3.63) is 64.7 Å². The first-order chi connectivity index (χ1) is 11.5. The van der Waals surface area contributed by atoms with E-state index in [-0.39, 0.29) is 5.91 Å². The molecule has 1 saturated heterocycles. The number of carbonyl (C=O) groups is 1. The summed E-state index contributed by atoms with van der Waals surface area (Å²) in [5.74, 6) is 0.237. The Morgan fingerprint density at radius 3 is 2.38 bits per heavy atom. The van der Waals surface area contributed by atoms with Crippen molar-refractivity contribution in [1.29, 1.82) is 0 Å². The van der Waals surface area contributed by atoms with Gasteiger partial charge in [-0.1, -0.05) is 42.0 Å². The Morgan fingerprint density at radius 2 is 1.67 bits per heavy atom. The molecule has 0 aromatic heterocycles. The molecular weight excluding hydrogens is 296 g/mol. The van der Waals surface area contributed by atoms with E-state index < -0.39 is 0 Å². The second-order valence-electron chi connectivity index (χ2n) is 6.75. The van der Waals surface area contributed by atoms with Crippen LogP contribution in [0.15, 0.2) is 42.5 Å². The number of hydrogen-bond donors (Lipinski definition) is 0. The van der Waals surface area contributed by atoms with Crippen LogP contribution in [0.5, 0.6) is 0 Å². The lowest BCUT2D eigenvalue weighted by atomic mass is 10.1. The molecule has 3 nitrogen and oxygen atoms in total. The third-order valence-corrected chi connectivity index (χ3v) is 4.99. The Bertz CT molecular complexity index is 730. The van der Waals surface area contributed by atoms with Crippen LogP contribution < -0.4 is 4.90 Å². The molecule has 3 heteroatoms. The van der Waals surface area contributed by atoms with Crippen LogP contribution in [-0.4, -0.2) is 37.0 Å². The zero-order valence-corrected chi connectivity index (χ0v) is 14.9. The topological polar surface area (TPSA) is 23.6 Å². The maximum absolute atomic E-state index is 12.6. The Hall–Kier alpha value is -2.29. The average molecular weight is 322 g/mol. The maximum atomic E-state index is 12.6. The van der Waals surface area contributed by atoms with Crippen molar-refractivity contribution in [2.45, 2.75) is 27.2 Å². The van der Waals surface area contributed by atoms with Crippen LogP contribution in [0.1, 0.15) is 22.3 Å². The lowest BCUT2D eigenvalue weighted by Gasteiger charge is -2.37. The van der Waals surface area contributed by atoms with Gasteiger partial charge in [0.05, 0.1) is 6.42 Å². The highest BCUT2D eigenvalue weighted by molar-refractivity contribution is 5.79. The van der Waals surface area contributed by atoms with Crippen molar-refractivity contribution >= 4 is 11.6 Å². The molecule has 0 atom stereocenters. The van der Waals surface area contributed by atoms with E-state index in [9.17, 15) is 4.79 Å². The Labute approximate surface area is 144 Å². The number of piperazine rings is 1. The van der Waals surface area contributed by atoms with Gasteiger partial charge < -0.3 is 9.80 Å². The number of nitrogens with zero attached hydrogens (tertiary/aromatic N) is 2. The van der Waals surface area contributed by atoms with E-state index >= 15 is 0 Å². The molecule has 0 bridgehead atoms. The molecule has 1 heterocycles. The quantitative estimate of drug-likeness (QED) is 0.863. The van der Waals surface area contributed by atoms with Crippen molar-refractivity contribution in [2.24, 2.45) is 0 Å². The molecule has 2 aromatic rings. The highest BCUT2D eigenvalue weighted by Gasteiger charge is 2.22. The molecule has 2 aromatic carbocycles. The van der Waals surface area contributed by atoms with Gasteiger partial charge in [0, 0.05) is 31.9 Å². The van der Waals surface area contributed by atoms with Gasteiger partial charge in [-0.3, -0.25) is 4.79 Å². The number of rotatable bonds is 3. The number of hydrogen-bond acceptors (Lipinski definition) is 2. The van der Waals surface area contributed by atoms with Crippen LogP contribution in [0, 0.1) is 20.8 Å². The fourth-order valence-corrected chi connectivity index (χ4v) is 3.38. The standard InChI is InChI=1S/C21H26N2O/c1-16-6-4-8-19(14-16)15-21(24)23-12-10-22(11-13-23)20-9-5-7-17(2)18(20)3/h4-9,14H,10-13,15H2,1-3H3. The van der Waals surface area contributed by atoms with Crippen LogP contribution in [-0.2, 0) is 11.2 Å². The van der Waals surface area contributed by atoms with Gasteiger partial charge in [-0.05, 0) is 43.5 Å². The minimum Gasteiger partial charge on any atom is -0.368 e. The SMILES string of the molecule is Cc1cccc(CC(=O)N2CCN(c3cccc(C)c3C)CC2)c1. The highest BCUT2D eigenvalue weighted by Crippen LogP contribution is 2.24. The van der Waals surface area contributed by atoms with E-state index in [1.54, 1.807) is 0 Å². The molecule has 1 aliphatic rings. The average Bonchev–Trinajstić information content (AvgIpc) is 2.57. The molecule has 3 rings (SSSR count). The predicted molar refractivity (Wildman–Crippen MR) is 99.6 cm³/mol. The van der Waals surface area contributed by atoms with E-state index in [0.29, 0.717) is 6.42 Å². The summed E-state index contributed by atoms with van der Waals surface area (Å²) < 4.78 is 0. The largest absolute Gasteiger partial charge is 0.368 e. The number of amides is 1. The third kappa shape index (κ3) is 3.61. The molecule has 126 valence electrons. The predicted octanol–water partition coefficient (Wildman–Crippen LogP) is 3.50. The van der Waals surface area contributed by atoms with Gasteiger partial charge in [0.1, 0.15) is 0 Å². The monoisotopic (exact) mass is 322 g/mol. The molecule has 1 aliphatic heterocycles. The van der Waals surface area contributed by atoms with Crippen LogP contribution in [0.25, 0.3) is 0 Å². The van der Waals surface area contributed by atoms with Gasteiger partial charge in [-0.25, -0.2) is 0 Å². The summed E-state index contributed by atoms with van der Waals surface area (Å²) >= 11 is 0. The second kappa shape index (κ2) is 7.08. The van der Waals surface area contributed by atoms with Crippen LogP contribution in [0.3, 0.4) is 0 Å². The number of aryl methyl sites for hydroxylation is 2. The first-order valence-corrected chi connectivity index (χ1v) is 8.69. The summed E-state index contributed by atoms with van der Waals surface area (Å²) in [6.45, 7) is 9.82. The van der Waals surface area contributed by atoms with Crippen molar-refractivity contribution in [2.75, 3.05) is 31.1 Å². The Morgan fingerprint density at radius 1 is 0.958 bits per heavy atom. The van der Waals surface area contributed by atoms with E-state index in [0.717, 1.165) is 31.7 Å². The van der Waals surface area contributed by atoms with Crippen molar-refractivity contribution in [1.82, 2.24) is 4.90 Å². The minimum absolute atomic E-state index is 0.237. The van der Waals surface area contributed by atoms with E-state index in [4.69, 9.17) is 0 Å². The van der Waals surface area contributed by atoms with Crippen molar-refractivity contribution < 1.29 is 4.79 Å². The van der Waals surface area contributed by atoms with Crippen molar-refractivity contribution in [3.63, 3.8) is 0 Å². The maximum Gasteiger partial charge on any atom is 0.227 e. The van der Waals surface area contributed by atoms with Crippen LogP contribution in [0.2, 0.25) is 0 Å². The molecule has 0 spiro atoms. The summed E-state index contributed by atoms with van der Waals surface area (Å²) in [6, 6.07) is 14.7. The second-order valence-corrected chi connectivity index (χ2v) is 6.75.